The molecule has 0 N–H and O–H groups in total. The zero-order valence-electron chi connectivity index (χ0n) is 13.5. The number of hydrogen-bond acceptors (Lipinski definition) is 2. The van der Waals surface area contributed by atoms with Crippen molar-refractivity contribution < 1.29 is 9.47 Å². The molecule has 0 radical (unpaired) electrons. The summed E-state index contributed by atoms with van der Waals surface area (Å²) in [5.41, 5.74) is 2.51. The molecule has 1 atom stereocenters. The highest BCUT2D eigenvalue weighted by Gasteiger charge is 2.17. The second-order valence-corrected chi connectivity index (χ2v) is 12.1. The van der Waals surface area contributed by atoms with Gasteiger partial charge in [-0.25, -0.2) is 0 Å². The van der Waals surface area contributed by atoms with Crippen LogP contribution in [0.25, 0.3) is 0 Å². The lowest BCUT2D eigenvalue weighted by Gasteiger charge is -2.22. The van der Waals surface area contributed by atoms with Crippen LogP contribution in [-0.4, -0.2) is 21.8 Å². The van der Waals surface area contributed by atoms with Crippen LogP contribution in [0.3, 0.4) is 0 Å². The van der Waals surface area contributed by atoms with E-state index in [1.54, 1.807) is 7.11 Å². The van der Waals surface area contributed by atoms with E-state index >= 15 is 0 Å². The summed E-state index contributed by atoms with van der Waals surface area (Å²) in [6.45, 7) is 15.0. The van der Waals surface area contributed by atoms with Crippen LogP contribution in [0.5, 0.6) is 5.75 Å². The molecule has 0 unspecified atom stereocenters. The molecular formula is C17H28O2Si. The fourth-order valence-corrected chi connectivity index (χ4v) is 3.76. The summed E-state index contributed by atoms with van der Waals surface area (Å²) in [7, 11) is 0.612. The van der Waals surface area contributed by atoms with Crippen LogP contribution in [-0.2, 0) is 11.3 Å². The van der Waals surface area contributed by atoms with Gasteiger partial charge in [0.15, 0.2) is 0 Å². The van der Waals surface area contributed by atoms with E-state index < -0.39 is 8.07 Å². The zero-order chi connectivity index (χ0) is 15.2. The molecule has 0 aliphatic rings. The first-order chi connectivity index (χ1) is 9.31. The molecule has 1 aromatic carbocycles. The Morgan fingerprint density at radius 3 is 2.30 bits per heavy atom. The van der Waals surface area contributed by atoms with Crippen molar-refractivity contribution in [3.05, 3.63) is 42.0 Å². The van der Waals surface area contributed by atoms with Gasteiger partial charge in [0.25, 0.3) is 0 Å². The Morgan fingerprint density at radius 1 is 1.20 bits per heavy atom. The van der Waals surface area contributed by atoms with Gasteiger partial charge in [0.1, 0.15) is 5.75 Å². The van der Waals surface area contributed by atoms with Crippen molar-refractivity contribution in [3.63, 3.8) is 0 Å². The Bertz CT molecular complexity index is 418. The summed E-state index contributed by atoms with van der Waals surface area (Å²) in [6, 6.07) is 9.19. The van der Waals surface area contributed by atoms with E-state index in [0.717, 1.165) is 12.4 Å². The third-order valence-electron chi connectivity index (χ3n) is 3.25. The molecule has 1 rings (SSSR count). The van der Waals surface area contributed by atoms with E-state index in [-0.39, 0.29) is 0 Å². The third kappa shape index (κ3) is 6.39. The fraction of sp³-hybridized carbons (Fsp3) is 0.529. The van der Waals surface area contributed by atoms with Gasteiger partial charge in [-0.2, -0.15) is 0 Å². The first kappa shape index (κ1) is 17.0. The third-order valence-corrected chi connectivity index (χ3v) is 4.76. The topological polar surface area (TPSA) is 18.5 Å². The summed E-state index contributed by atoms with van der Waals surface area (Å²) in [4.78, 5) is 0. The number of rotatable bonds is 8. The molecule has 0 fully saturated rings. The van der Waals surface area contributed by atoms with Gasteiger partial charge in [0, 0.05) is 8.07 Å². The Kier molecular flexibility index (Phi) is 6.50. The van der Waals surface area contributed by atoms with Gasteiger partial charge in [-0.15, -0.1) is 0 Å². The van der Waals surface area contributed by atoms with Crippen LogP contribution in [0.15, 0.2) is 36.4 Å². The second kappa shape index (κ2) is 7.65. The predicted molar refractivity (Wildman–Crippen MR) is 89.1 cm³/mol. The van der Waals surface area contributed by atoms with Gasteiger partial charge in [-0.05, 0) is 29.7 Å². The van der Waals surface area contributed by atoms with Crippen molar-refractivity contribution in [2.45, 2.75) is 39.2 Å². The van der Waals surface area contributed by atoms with E-state index in [1.807, 2.05) is 24.3 Å². The van der Waals surface area contributed by atoms with Crippen LogP contribution in [0.1, 0.15) is 12.5 Å². The molecule has 0 spiro atoms. The van der Waals surface area contributed by atoms with Crippen LogP contribution >= 0.6 is 0 Å². The summed E-state index contributed by atoms with van der Waals surface area (Å²) in [5, 5.41) is 0. The summed E-state index contributed by atoms with van der Waals surface area (Å²) in [6.07, 6.45) is 0. The molecule has 1 aromatic rings. The van der Waals surface area contributed by atoms with Gasteiger partial charge in [-0.3, -0.25) is 0 Å². The van der Waals surface area contributed by atoms with Crippen molar-refractivity contribution in [1.82, 2.24) is 0 Å². The van der Waals surface area contributed by atoms with Crippen molar-refractivity contribution in [3.8, 4) is 5.75 Å². The molecule has 0 aliphatic heterocycles. The summed E-state index contributed by atoms with van der Waals surface area (Å²) in [5.74, 6) is 1.31. The Morgan fingerprint density at radius 2 is 1.80 bits per heavy atom. The van der Waals surface area contributed by atoms with E-state index in [2.05, 4.69) is 33.1 Å². The molecule has 0 aromatic heterocycles. The smallest absolute Gasteiger partial charge is 0.118 e. The van der Waals surface area contributed by atoms with Crippen molar-refractivity contribution >= 4 is 8.07 Å². The van der Waals surface area contributed by atoms with Crippen LogP contribution in [0, 0.1) is 5.92 Å². The average molecular weight is 292 g/mol. The number of methoxy groups -OCH3 is 1. The Balaban J connectivity index is 2.34. The SMILES string of the molecule is C=C(C[Si](C)(C)C)[C@@H](C)COCc1ccc(OC)cc1. The van der Waals surface area contributed by atoms with Crippen molar-refractivity contribution in [1.29, 1.82) is 0 Å². The fourth-order valence-electron chi connectivity index (χ4n) is 2.05. The number of ether oxygens (including phenoxy) is 2. The standard InChI is InChI=1S/C17H28O2Si/c1-14(15(2)13-20(4,5)6)11-19-12-16-7-9-17(18-3)10-8-16/h7-10,14H,2,11-13H2,1,3-6H3/t14-/m0/s1. The average Bonchev–Trinajstić information content (AvgIpc) is 2.37. The van der Waals surface area contributed by atoms with Gasteiger partial charge >= 0.3 is 0 Å². The maximum absolute atomic E-state index is 5.80. The zero-order valence-corrected chi connectivity index (χ0v) is 14.5. The van der Waals surface area contributed by atoms with E-state index in [0.29, 0.717) is 12.5 Å². The monoisotopic (exact) mass is 292 g/mol. The molecule has 0 heterocycles. The van der Waals surface area contributed by atoms with Crippen LogP contribution in [0.2, 0.25) is 25.7 Å². The Hall–Kier alpha value is -1.06. The quantitative estimate of drug-likeness (QED) is 0.509. The molecule has 2 nitrogen and oxygen atoms in total. The van der Waals surface area contributed by atoms with Crippen molar-refractivity contribution in [2.24, 2.45) is 5.92 Å². The maximum Gasteiger partial charge on any atom is 0.118 e. The molecule has 0 aliphatic carbocycles. The van der Waals surface area contributed by atoms with E-state index in [1.165, 1.54) is 17.2 Å². The van der Waals surface area contributed by atoms with Crippen LogP contribution < -0.4 is 4.74 Å². The minimum absolute atomic E-state index is 0.431. The number of benzene rings is 1. The molecule has 112 valence electrons. The molecule has 20 heavy (non-hydrogen) atoms. The number of hydrogen-bond donors (Lipinski definition) is 0. The largest absolute Gasteiger partial charge is 0.497 e. The second-order valence-electron chi connectivity index (χ2n) is 6.66. The highest BCUT2D eigenvalue weighted by atomic mass is 28.3. The highest BCUT2D eigenvalue weighted by Crippen LogP contribution is 2.22. The highest BCUT2D eigenvalue weighted by molar-refractivity contribution is 6.76. The lowest BCUT2D eigenvalue weighted by Crippen LogP contribution is -2.22. The first-order valence-electron chi connectivity index (χ1n) is 7.20. The maximum atomic E-state index is 5.80. The van der Waals surface area contributed by atoms with Gasteiger partial charge in [0.2, 0.25) is 0 Å². The lowest BCUT2D eigenvalue weighted by atomic mass is 10.1. The lowest BCUT2D eigenvalue weighted by molar-refractivity contribution is 0.101. The molecule has 0 amide bonds. The first-order valence-corrected chi connectivity index (χ1v) is 10.9. The van der Waals surface area contributed by atoms with Gasteiger partial charge < -0.3 is 9.47 Å². The summed E-state index contributed by atoms with van der Waals surface area (Å²) >= 11 is 0. The van der Waals surface area contributed by atoms with Gasteiger partial charge in [0.05, 0.1) is 20.3 Å². The molecular weight excluding hydrogens is 264 g/mol. The van der Waals surface area contributed by atoms with E-state index in [4.69, 9.17) is 9.47 Å². The minimum Gasteiger partial charge on any atom is -0.497 e. The molecule has 0 bridgehead atoms. The van der Waals surface area contributed by atoms with Crippen LogP contribution in [0.4, 0.5) is 0 Å². The summed E-state index contributed by atoms with van der Waals surface area (Å²) < 4.78 is 10.9. The predicted octanol–water partition coefficient (Wildman–Crippen LogP) is 4.74. The van der Waals surface area contributed by atoms with Crippen molar-refractivity contribution in [2.75, 3.05) is 13.7 Å². The molecule has 0 saturated heterocycles. The van der Waals surface area contributed by atoms with Gasteiger partial charge in [-0.1, -0.05) is 50.8 Å². The Labute approximate surface area is 124 Å². The minimum atomic E-state index is -1.07. The van der Waals surface area contributed by atoms with E-state index in [9.17, 15) is 0 Å². The normalized spacial score (nSPS) is 13.1. The molecule has 0 saturated carbocycles. The molecule has 3 heteroatoms.